The van der Waals surface area contributed by atoms with Crippen LogP contribution in [0.2, 0.25) is 0 Å². The van der Waals surface area contributed by atoms with Gasteiger partial charge in [0.15, 0.2) is 0 Å². The van der Waals surface area contributed by atoms with Crippen molar-refractivity contribution in [3.63, 3.8) is 0 Å². The fourth-order valence-electron chi connectivity index (χ4n) is 1.98. The molecule has 1 nitrogen and oxygen atoms in total. The van der Waals surface area contributed by atoms with Crippen LogP contribution in [0.1, 0.15) is 35.4 Å². The Kier molecular flexibility index (Phi) is 5.13. The van der Waals surface area contributed by atoms with Crippen LogP contribution in [0.5, 0.6) is 0 Å². The summed E-state index contributed by atoms with van der Waals surface area (Å²) in [5.41, 5.74) is 2.20. The van der Waals surface area contributed by atoms with Crippen molar-refractivity contribution in [1.82, 2.24) is 5.32 Å². The molecule has 0 bridgehead atoms. The second kappa shape index (κ2) is 6.64. The third-order valence-corrected chi connectivity index (χ3v) is 5.14. The van der Waals surface area contributed by atoms with E-state index in [0.717, 1.165) is 22.3 Å². The topological polar surface area (TPSA) is 12.0 Å². The highest BCUT2D eigenvalue weighted by atomic mass is 79.9. The predicted molar refractivity (Wildman–Crippen MR) is 83.3 cm³/mol. The van der Waals surface area contributed by atoms with E-state index < -0.39 is 0 Å². The lowest BCUT2D eigenvalue weighted by Crippen LogP contribution is -2.22. The summed E-state index contributed by atoms with van der Waals surface area (Å²) in [5, 5.41) is 3.49. The van der Waals surface area contributed by atoms with Crippen molar-refractivity contribution in [1.29, 1.82) is 0 Å². The lowest BCUT2D eigenvalue weighted by Gasteiger charge is -2.17. The molecular formula is C15H17BrFNS. The van der Waals surface area contributed by atoms with Gasteiger partial charge >= 0.3 is 0 Å². The van der Waals surface area contributed by atoms with E-state index in [-0.39, 0.29) is 11.9 Å². The molecular weight excluding hydrogens is 325 g/mol. The molecule has 0 saturated carbocycles. The molecule has 1 N–H and O–H groups in total. The highest BCUT2D eigenvalue weighted by Crippen LogP contribution is 2.34. The quantitative estimate of drug-likeness (QED) is 0.802. The van der Waals surface area contributed by atoms with Gasteiger partial charge in [-0.05, 0) is 65.1 Å². The summed E-state index contributed by atoms with van der Waals surface area (Å²) >= 11 is 5.26. The monoisotopic (exact) mass is 341 g/mol. The summed E-state index contributed by atoms with van der Waals surface area (Å²) in [6, 6.07) is 9.05. The average Bonchev–Trinajstić information content (AvgIpc) is 2.70. The van der Waals surface area contributed by atoms with Gasteiger partial charge in [-0.25, -0.2) is 4.39 Å². The lowest BCUT2D eigenvalue weighted by molar-refractivity contribution is 0.591. The lowest BCUT2D eigenvalue weighted by atomic mass is 10.0. The standard InChI is InChI=1S/C15H17BrFNS/c1-3-7-18-14(11-5-4-6-12(17)9-11)13-8-10(2)15(16)19-13/h4-6,8-9,14,18H,3,7H2,1-2H3. The van der Waals surface area contributed by atoms with Gasteiger partial charge in [-0.15, -0.1) is 11.3 Å². The molecule has 1 aromatic carbocycles. The number of halogens is 2. The number of thiophene rings is 1. The van der Waals surface area contributed by atoms with Crippen molar-refractivity contribution in [2.45, 2.75) is 26.3 Å². The summed E-state index contributed by atoms with van der Waals surface area (Å²) in [7, 11) is 0. The van der Waals surface area contributed by atoms with E-state index >= 15 is 0 Å². The zero-order valence-corrected chi connectivity index (χ0v) is 13.4. The first-order chi connectivity index (χ1) is 9.11. The number of nitrogens with one attached hydrogen (secondary N) is 1. The van der Waals surface area contributed by atoms with Gasteiger partial charge in [0.25, 0.3) is 0 Å². The summed E-state index contributed by atoms with van der Waals surface area (Å²) in [4.78, 5) is 1.21. The first-order valence-electron chi connectivity index (χ1n) is 6.36. The van der Waals surface area contributed by atoms with Gasteiger partial charge in [-0.3, -0.25) is 0 Å². The molecule has 0 spiro atoms. The van der Waals surface area contributed by atoms with E-state index in [2.05, 4.69) is 41.2 Å². The molecule has 1 unspecified atom stereocenters. The Hall–Kier alpha value is -0.710. The Balaban J connectivity index is 2.35. The van der Waals surface area contributed by atoms with Gasteiger partial charge in [0.1, 0.15) is 5.82 Å². The van der Waals surface area contributed by atoms with Gasteiger partial charge in [0.2, 0.25) is 0 Å². The minimum atomic E-state index is -0.187. The third-order valence-electron chi connectivity index (χ3n) is 2.94. The van der Waals surface area contributed by atoms with Crippen LogP contribution in [-0.2, 0) is 0 Å². The number of hydrogen-bond acceptors (Lipinski definition) is 2. The SMILES string of the molecule is CCCNC(c1cccc(F)c1)c1cc(C)c(Br)s1. The summed E-state index contributed by atoms with van der Waals surface area (Å²) < 4.78 is 14.6. The fourth-order valence-corrected chi connectivity index (χ4v) is 3.66. The fraction of sp³-hybridized carbons (Fsp3) is 0.333. The van der Waals surface area contributed by atoms with Crippen LogP contribution in [0.25, 0.3) is 0 Å². The molecule has 1 atom stereocenters. The zero-order chi connectivity index (χ0) is 13.8. The van der Waals surface area contributed by atoms with Crippen LogP contribution in [0.15, 0.2) is 34.1 Å². The van der Waals surface area contributed by atoms with Gasteiger partial charge in [-0.2, -0.15) is 0 Å². The molecule has 0 aliphatic heterocycles. The Labute approximate surface area is 126 Å². The molecule has 0 fully saturated rings. The molecule has 1 aromatic heterocycles. The van der Waals surface area contributed by atoms with E-state index in [1.54, 1.807) is 23.5 Å². The Morgan fingerprint density at radius 2 is 2.16 bits per heavy atom. The predicted octanol–water partition coefficient (Wildman–Crippen LogP) is 5.05. The highest BCUT2D eigenvalue weighted by Gasteiger charge is 2.17. The maximum Gasteiger partial charge on any atom is 0.123 e. The van der Waals surface area contributed by atoms with Crippen LogP contribution in [-0.4, -0.2) is 6.54 Å². The highest BCUT2D eigenvalue weighted by molar-refractivity contribution is 9.11. The normalized spacial score (nSPS) is 12.6. The van der Waals surface area contributed by atoms with E-state index in [1.165, 1.54) is 16.5 Å². The van der Waals surface area contributed by atoms with E-state index in [1.807, 2.05) is 6.07 Å². The second-order valence-corrected chi connectivity index (χ2v) is 6.95. The van der Waals surface area contributed by atoms with Crippen molar-refractivity contribution in [3.05, 3.63) is 55.9 Å². The second-order valence-electron chi connectivity index (χ2n) is 4.55. The molecule has 0 aliphatic rings. The largest absolute Gasteiger partial charge is 0.306 e. The molecule has 1 heterocycles. The smallest absolute Gasteiger partial charge is 0.123 e. The molecule has 19 heavy (non-hydrogen) atoms. The first kappa shape index (κ1) is 14.7. The summed E-state index contributed by atoms with van der Waals surface area (Å²) in [6.45, 7) is 5.12. The van der Waals surface area contributed by atoms with Crippen LogP contribution in [0, 0.1) is 12.7 Å². The van der Waals surface area contributed by atoms with E-state index in [9.17, 15) is 4.39 Å². The molecule has 0 aliphatic carbocycles. The van der Waals surface area contributed by atoms with Crippen molar-refractivity contribution >= 4 is 27.3 Å². The van der Waals surface area contributed by atoms with Gasteiger partial charge in [-0.1, -0.05) is 19.1 Å². The minimum absolute atomic E-state index is 0.0608. The van der Waals surface area contributed by atoms with Crippen LogP contribution in [0.3, 0.4) is 0 Å². The summed E-state index contributed by atoms with van der Waals surface area (Å²) in [6.07, 6.45) is 1.05. The van der Waals surface area contributed by atoms with Crippen LogP contribution < -0.4 is 5.32 Å². The zero-order valence-electron chi connectivity index (χ0n) is 11.0. The van der Waals surface area contributed by atoms with E-state index in [4.69, 9.17) is 0 Å². The number of aryl methyl sites for hydroxylation is 1. The maximum absolute atomic E-state index is 13.4. The van der Waals surface area contributed by atoms with Crippen LogP contribution >= 0.6 is 27.3 Å². The molecule has 0 amide bonds. The van der Waals surface area contributed by atoms with Gasteiger partial charge in [0.05, 0.1) is 9.83 Å². The third kappa shape index (κ3) is 3.65. The van der Waals surface area contributed by atoms with Crippen molar-refractivity contribution < 1.29 is 4.39 Å². The average molecular weight is 342 g/mol. The molecule has 2 aromatic rings. The van der Waals surface area contributed by atoms with Crippen molar-refractivity contribution in [2.24, 2.45) is 0 Å². The van der Waals surface area contributed by atoms with Crippen molar-refractivity contribution in [2.75, 3.05) is 6.54 Å². The Morgan fingerprint density at radius 3 is 2.74 bits per heavy atom. The van der Waals surface area contributed by atoms with E-state index in [0.29, 0.717) is 0 Å². The molecule has 0 radical (unpaired) electrons. The van der Waals surface area contributed by atoms with Gasteiger partial charge < -0.3 is 5.32 Å². The number of rotatable bonds is 5. The van der Waals surface area contributed by atoms with Crippen molar-refractivity contribution in [3.8, 4) is 0 Å². The molecule has 0 saturated heterocycles. The summed E-state index contributed by atoms with van der Waals surface area (Å²) in [5.74, 6) is -0.187. The first-order valence-corrected chi connectivity index (χ1v) is 7.97. The molecule has 2 rings (SSSR count). The minimum Gasteiger partial charge on any atom is -0.306 e. The molecule has 4 heteroatoms. The number of benzene rings is 1. The Bertz CT molecular complexity index is 533. The number of hydrogen-bond donors (Lipinski definition) is 1. The maximum atomic E-state index is 13.4. The van der Waals surface area contributed by atoms with Gasteiger partial charge in [0, 0.05) is 4.88 Å². The van der Waals surface area contributed by atoms with Crippen LogP contribution in [0.4, 0.5) is 4.39 Å². The molecule has 102 valence electrons. The Morgan fingerprint density at radius 1 is 1.37 bits per heavy atom.